The standard InChI is InChI=1S/C20H27N5O2/c1-3-27-20(26)25-11-9-17(10-12-25)24-19-13-18(22-15(2)23-19)21-14-16-7-5-4-6-8-16/h4-8,13,17H,3,9-12,14H2,1-2H3,(H2,21,22,23,24). The van der Waals surface area contributed by atoms with Crippen LogP contribution in [0.15, 0.2) is 36.4 Å². The number of aromatic nitrogens is 2. The van der Waals surface area contributed by atoms with E-state index in [4.69, 9.17) is 4.74 Å². The third-order valence-electron chi connectivity index (χ3n) is 4.53. The van der Waals surface area contributed by atoms with E-state index < -0.39 is 0 Å². The van der Waals surface area contributed by atoms with Gasteiger partial charge in [-0.15, -0.1) is 0 Å². The Hall–Kier alpha value is -2.83. The zero-order valence-corrected chi connectivity index (χ0v) is 15.9. The van der Waals surface area contributed by atoms with Gasteiger partial charge in [0.1, 0.15) is 17.5 Å². The maximum Gasteiger partial charge on any atom is 0.409 e. The number of hydrogen-bond acceptors (Lipinski definition) is 6. The van der Waals surface area contributed by atoms with Crippen LogP contribution in [0.4, 0.5) is 16.4 Å². The molecule has 0 atom stereocenters. The predicted molar refractivity (Wildman–Crippen MR) is 106 cm³/mol. The van der Waals surface area contributed by atoms with Crippen LogP contribution in [0.2, 0.25) is 0 Å². The summed E-state index contributed by atoms with van der Waals surface area (Å²) in [4.78, 5) is 22.5. The van der Waals surface area contributed by atoms with Crippen LogP contribution in [0.25, 0.3) is 0 Å². The lowest BCUT2D eigenvalue weighted by Gasteiger charge is -2.31. The van der Waals surface area contributed by atoms with Gasteiger partial charge < -0.3 is 20.3 Å². The molecule has 1 amide bonds. The average molecular weight is 369 g/mol. The minimum Gasteiger partial charge on any atom is -0.450 e. The summed E-state index contributed by atoms with van der Waals surface area (Å²) in [5.74, 6) is 2.34. The molecule has 2 heterocycles. The summed E-state index contributed by atoms with van der Waals surface area (Å²) in [6.07, 6.45) is 1.52. The van der Waals surface area contributed by atoms with Crippen molar-refractivity contribution < 1.29 is 9.53 Å². The zero-order chi connectivity index (χ0) is 19.1. The fourth-order valence-corrected chi connectivity index (χ4v) is 3.15. The minimum atomic E-state index is -0.221. The molecule has 0 unspecified atom stereocenters. The molecule has 1 fully saturated rings. The third kappa shape index (κ3) is 5.57. The van der Waals surface area contributed by atoms with Crippen molar-refractivity contribution in [2.75, 3.05) is 30.3 Å². The van der Waals surface area contributed by atoms with Crippen molar-refractivity contribution in [3.63, 3.8) is 0 Å². The normalized spacial score (nSPS) is 14.7. The minimum absolute atomic E-state index is 0.221. The second-order valence-electron chi connectivity index (χ2n) is 6.63. The topological polar surface area (TPSA) is 79.4 Å². The van der Waals surface area contributed by atoms with E-state index in [1.165, 1.54) is 5.56 Å². The molecule has 27 heavy (non-hydrogen) atoms. The van der Waals surface area contributed by atoms with Crippen LogP contribution >= 0.6 is 0 Å². The van der Waals surface area contributed by atoms with E-state index in [0.717, 1.165) is 30.3 Å². The monoisotopic (exact) mass is 369 g/mol. The number of carbonyl (C=O) groups is 1. The summed E-state index contributed by atoms with van der Waals surface area (Å²) >= 11 is 0. The van der Waals surface area contributed by atoms with E-state index in [1.807, 2.05) is 38.1 Å². The summed E-state index contributed by atoms with van der Waals surface area (Å²) in [5, 5.41) is 6.84. The first-order valence-electron chi connectivity index (χ1n) is 9.45. The van der Waals surface area contributed by atoms with Gasteiger partial charge in [0.15, 0.2) is 0 Å². The summed E-state index contributed by atoms with van der Waals surface area (Å²) in [5.41, 5.74) is 1.20. The molecule has 2 N–H and O–H groups in total. The highest BCUT2D eigenvalue weighted by Gasteiger charge is 2.23. The number of piperidine rings is 1. The van der Waals surface area contributed by atoms with Crippen LogP contribution in [0, 0.1) is 6.92 Å². The van der Waals surface area contributed by atoms with Gasteiger partial charge in [0.05, 0.1) is 6.61 Å². The van der Waals surface area contributed by atoms with Crippen molar-refractivity contribution in [1.82, 2.24) is 14.9 Å². The van der Waals surface area contributed by atoms with E-state index in [0.29, 0.717) is 26.2 Å². The molecule has 1 aromatic carbocycles. The molecule has 2 aromatic rings. The van der Waals surface area contributed by atoms with E-state index >= 15 is 0 Å². The number of carbonyl (C=O) groups excluding carboxylic acids is 1. The Bertz CT molecular complexity index is 745. The first-order valence-corrected chi connectivity index (χ1v) is 9.45. The first-order chi connectivity index (χ1) is 13.1. The van der Waals surface area contributed by atoms with Crippen LogP contribution < -0.4 is 10.6 Å². The molecule has 3 rings (SSSR count). The molecule has 144 valence electrons. The van der Waals surface area contributed by atoms with Crippen LogP contribution in [0.5, 0.6) is 0 Å². The first kappa shape index (κ1) is 18.9. The van der Waals surface area contributed by atoms with Gasteiger partial charge >= 0.3 is 6.09 Å². The van der Waals surface area contributed by atoms with Gasteiger partial charge in [0, 0.05) is 31.7 Å². The Balaban J connectivity index is 1.54. The Morgan fingerprint density at radius 1 is 1.19 bits per heavy atom. The Labute approximate surface area is 160 Å². The van der Waals surface area contributed by atoms with Crippen molar-refractivity contribution in [2.45, 2.75) is 39.3 Å². The number of hydrogen-bond donors (Lipinski definition) is 2. The number of nitrogens with zero attached hydrogens (tertiary/aromatic N) is 3. The highest BCUT2D eigenvalue weighted by molar-refractivity contribution is 5.67. The molecule has 0 aliphatic carbocycles. The number of nitrogens with one attached hydrogen (secondary N) is 2. The van der Waals surface area contributed by atoms with Gasteiger partial charge in [-0.05, 0) is 32.3 Å². The number of likely N-dealkylation sites (tertiary alicyclic amines) is 1. The Kier molecular flexibility index (Phi) is 6.46. The molecule has 0 radical (unpaired) electrons. The molecule has 1 saturated heterocycles. The predicted octanol–water partition coefficient (Wildman–Crippen LogP) is 3.43. The highest BCUT2D eigenvalue weighted by atomic mass is 16.6. The fourth-order valence-electron chi connectivity index (χ4n) is 3.15. The average Bonchev–Trinajstić information content (AvgIpc) is 2.67. The molecule has 1 aliphatic rings. The summed E-state index contributed by atoms with van der Waals surface area (Å²) in [7, 11) is 0. The van der Waals surface area contributed by atoms with Crippen molar-refractivity contribution in [1.29, 1.82) is 0 Å². The molecule has 1 aromatic heterocycles. The molecular formula is C20H27N5O2. The fraction of sp³-hybridized carbons (Fsp3) is 0.450. The molecule has 7 heteroatoms. The van der Waals surface area contributed by atoms with E-state index in [1.54, 1.807) is 4.90 Å². The van der Waals surface area contributed by atoms with Crippen LogP contribution in [-0.2, 0) is 11.3 Å². The van der Waals surface area contributed by atoms with Crippen molar-refractivity contribution >= 4 is 17.7 Å². The molecule has 0 saturated carbocycles. The lowest BCUT2D eigenvalue weighted by molar-refractivity contribution is 0.0983. The van der Waals surface area contributed by atoms with Gasteiger partial charge in [-0.2, -0.15) is 0 Å². The summed E-state index contributed by atoms with van der Waals surface area (Å²) < 4.78 is 5.07. The van der Waals surface area contributed by atoms with E-state index in [2.05, 4.69) is 32.7 Å². The zero-order valence-electron chi connectivity index (χ0n) is 15.9. The second kappa shape index (κ2) is 9.21. The van der Waals surface area contributed by atoms with Gasteiger partial charge in [-0.1, -0.05) is 30.3 Å². The maximum atomic E-state index is 11.8. The van der Waals surface area contributed by atoms with Crippen LogP contribution in [0.1, 0.15) is 31.2 Å². The van der Waals surface area contributed by atoms with Crippen molar-refractivity contribution in [3.05, 3.63) is 47.8 Å². The van der Waals surface area contributed by atoms with E-state index in [9.17, 15) is 4.79 Å². The van der Waals surface area contributed by atoms with E-state index in [-0.39, 0.29) is 12.1 Å². The Morgan fingerprint density at radius 3 is 2.59 bits per heavy atom. The number of aryl methyl sites for hydroxylation is 1. The second-order valence-corrected chi connectivity index (χ2v) is 6.63. The SMILES string of the molecule is CCOC(=O)N1CCC(Nc2cc(NCc3ccccc3)nc(C)n2)CC1. The quantitative estimate of drug-likeness (QED) is 0.812. The lowest BCUT2D eigenvalue weighted by Crippen LogP contribution is -2.42. The highest BCUT2D eigenvalue weighted by Crippen LogP contribution is 2.18. The Morgan fingerprint density at radius 2 is 1.89 bits per heavy atom. The lowest BCUT2D eigenvalue weighted by atomic mass is 10.1. The molecular weight excluding hydrogens is 342 g/mol. The third-order valence-corrected chi connectivity index (χ3v) is 4.53. The van der Waals surface area contributed by atoms with Crippen LogP contribution in [-0.4, -0.2) is 46.7 Å². The number of amides is 1. The maximum absolute atomic E-state index is 11.8. The van der Waals surface area contributed by atoms with Gasteiger partial charge in [0.25, 0.3) is 0 Å². The van der Waals surface area contributed by atoms with Crippen LogP contribution in [0.3, 0.4) is 0 Å². The summed E-state index contributed by atoms with van der Waals surface area (Å²) in [6, 6.07) is 12.4. The van der Waals surface area contributed by atoms with Gasteiger partial charge in [-0.25, -0.2) is 14.8 Å². The summed E-state index contributed by atoms with van der Waals surface area (Å²) in [6.45, 7) is 6.24. The molecule has 0 bridgehead atoms. The van der Waals surface area contributed by atoms with Gasteiger partial charge in [0.2, 0.25) is 0 Å². The molecule has 7 nitrogen and oxygen atoms in total. The molecule has 0 spiro atoms. The molecule has 1 aliphatic heterocycles. The number of benzene rings is 1. The number of rotatable bonds is 6. The largest absolute Gasteiger partial charge is 0.450 e. The van der Waals surface area contributed by atoms with Gasteiger partial charge in [-0.3, -0.25) is 0 Å². The van der Waals surface area contributed by atoms with Crippen molar-refractivity contribution in [2.24, 2.45) is 0 Å². The number of anilines is 2. The van der Waals surface area contributed by atoms with Crippen molar-refractivity contribution in [3.8, 4) is 0 Å². The number of ether oxygens (including phenoxy) is 1. The smallest absolute Gasteiger partial charge is 0.409 e.